The van der Waals surface area contributed by atoms with Gasteiger partial charge >= 0.3 is 5.97 Å². The molecule has 1 heterocycles. The molecule has 0 aromatic rings. The lowest BCUT2D eigenvalue weighted by Crippen LogP contribution is -2.43. The van der Waals surface area contributed by atoms with Gasteiger partial charge < -0.3 is 9.16 Å². The van der Waals surface area contributed by atoms with E-state index in [0.717, 1.165) is 37.9 Å². The highest BCUT2D eigenvalue weighted by Crippen LogP contribution is 2.37. The summed E-state index contributed by atoms with van der Waals surface area (Å²) in [5.74, 6) is 0.658. The van der Waals surface area contributed by atoms with E-state index in [1.54, 1.807) is 0 Å². The first-order chi connectivity index (χ1) is 15.6. The highest BCUT2D eigenvalue weighted by Gasteiger charge is 2.38. The molecule has 0 fully saturated rings. The van der Waals surface area contributed by atoms with E-state index < -0.39 is 8.32 Å². The number of carbonyl (C=O) groups is 1. The van der Waals surface area contributed by atoms with Crippen molar-refractivity contribution in [3.05, 3.63) is 72.6 Å². The molecule has 0 bridgehead atoms. The van der Waals surface area contributed by atoms with Crippen molar-refractivity contribution < 1.29 is 14.0 Å². The van der Waals surface area contributed by atoms with Gasteiger partial charge in [0.05, 0.1) is 16.4 Å². The summed E-state index contributed by atoms with van der Waals surface area (Å²) in [7, 11) is -1.80. The average molecular weight is 583 g/mol. The molecule has 5 heteroatoms. The number of halogens is 1. The largest absolute Gasteiger partial charge is 0.430 e. The number of esters is 1. The summed E-state index contributed by atoms with van der Waals surface area (Å²) in [5, 5.41) is 0.209. The Bertz CT molecular complexity index is 767. The van der Waals surface area contributed by atoms with Crippen molar-refractivity contribution in [3.63, 3.8) is 0 Å². The van der Waals surface area contributed by atoms with Crippen molar-refractivity contribution in [2.24, 2.45) is 0 Å². The van der Waals surface area contributed by atoms with Crippen LogP contribution in [0, 0.1) is 0 Å². The van der Waals surface area contributed by atoms with E-state index in [0.29, 0.717) is 6.42 Å². The molecule has 0 radical (unpaired) electrons. The standard InChI is InChI=1S/C28H43IO3Si/c1-7-8-16-19-24(32-33(5,6)28(2,3)4)20-17-14-12-10-9-11-13-15-18-21-25(29)26-22-23-27(30)31-26/h8-9,11-12,14-18,20,22,24-25H,7,10,13,19,21,23H2,1-6H3. The van der Waals surface area contributed by atoms with Crippen LogP contribution in [0.15, 0.2) is 72.6 Å². The molecule has 0 spiro atoms. The second kappa shape index (κ2) is 15.7. The van der Waals surface area contributed by atoms with Gasteiger partial charge in [0.2, 0.25) is 0 Å². The highest BCUT2D eigenvalue weighted by molar-refractivity contribution is 14.1. The molecule has 33 heavy (non-hydrogen) atoms. The van der Waals surface area contributed by atoms with Crippen molar-refractivity contribution in [1.29, 1.82) is 0 Å². The van der Waals surface area contributed by atoms with Crippen molar-refractivity contribution in [2.75, 3.05) is 0 Å². The molecule has 1 rings (SSSR count). The smallest absolute Gasteiger partial charge is 0.314 e. The molecule has 184 valence electrons. The van der Waals surface area contributed by atoms with Gasteiger partial charge in [-0.15, -0.1) is 0 Å². The van der Waals surface area contributed by atoms with Crippen LogP contribution in [0.5, 0.6) is 0 Å². The van der Waals surface area contributed by atoms with Crippen molar-refractivity contribution >= 4 is 36.9 Å². The van der Waals surface area contributed by atoms with Crippen LogP contribution in [0.25, 0.3) is 0 Å². The van der Waals surface area contributed by atoms with Gasteiger partial charge in [0.25, 0.3) is 0 Å². The summed E-state index contributed by atoms with van der Waals surface area (Å²) < 4.78 is 12.0. The predicted octanol–water partition coefficient (Wildman–Crippen LogP) is 8.76. The van der Waals surface area contributed by atoms with E-state index in [9.17, 15) is 4.79 Å². The molecule has 0 saturated carbocycles. The molecule has 0 aromatic carbocycles. The van der Waals surface area contributed by atoms with Gasteiger partial charge in [-0.05, 0) is 56.3 Å². The molecular weight excluding hydrogens is 539 g/mol. The van der Waals surface area contributed by atoms with Gasteiger partial charge in [0.1, 0.15) is 5.76 Å². The Morgan fingerprint density at radius 2 is 1.67 bits per heavy atom. The molecule has 0 aliphatic carbocycles. The Morgan fingerprint density at radius 1 is 1.03 bits per heavy atom. The van der Waals surface area contributed by atoms with E-state index in [4.69, 9.17) is 9.16 Å². The fraction of sp³-hybridized carbons (Fsp3) is 0.536. The maximum absolute atomic E-state index is 11.2. The van der Waals surface area contributed by atoms with Crippen LogP contribution >= 0.6 is 22.6 Å². The average Bonchev–Trinajstić information content (AvgIpc) is 3.17. The van der Waals surface area contributed by atoms with Crippen molar-refractivity contribution in [2.45, 2.75) is 94.4 Å². The van der Waals surface area contributed by atoms with Crippen molar-refractivity contribution in [1.82, 2.24) is 0 Å². The van der Waals surface area contributed by atoms with E-state index in [1.165, 1.54) is 0 Å². The summed E-state index contributed by atoms with van der Waals surface area (Å²) in [5.41, 5.74) is 0. The maximum Gasteiger partial charge on any atom is 0.314 e. The lowest BCUT2D eigenvalue weighted by atomic mass is 10.2. The number of rotatable bonds is 14. The van der Waals surface area contributed by atoms with Gasteiger partial charge in [0, 0.05) is 0 Å². The van der Waals surface area contributed by atoms with Gasteiger partial charge in [-0.1, -0.05) is 111 Å². The number of ether oxygens (including phenoxy) is 1. The zero-order valence-corrected chi connectivity index (χ0v) is 24.5. The Balaban J connectivity index is 2.39. The molecule has 3 nitrogen and oxygen atoms in total. The fourth-order valence-corrected chi connectivity index (χ4v) is 4.79. The third-order valence-corrected chi connectivity index (χ3v) is 11.5. The summed E-state index contributed by atoms with van der Waals surface area (Å²) in [6, 6.07) is 0. The highest BCUT2D eigenvalue weighted by atomic mass is 127. The van der Waals surface area contributed by atoms with E-state index in [1.807, 2.05) is 6.08 Å². The second-order valence-electron chi connectivity index (χ2n) is 9.75. The number of alkyl halides is 1. The number of cyclic esters (lactones) is 1. The lowest BCUT2D eigenvalue weighted by molar-refractivity contribution is -0.136. The first-order valence-electron chi connectivity index (χ1n) is 12.1. The van der Waals surface area contributed by atoms with Crippen LogP contribution in [0.1, 0.15) is 66.2 Å². The summed E-state index contributed by atoms with van der Waals surface area (Å²) in [6.45, 7) is 13.6. The minimum atomic E-state index is -1.80. The van der Waals surface area contributed by atoms with Crippen LogP contribution in [-0.2, 0) is 14.0 Å². The molecule has 0 saturated heterocycles. The first-order valence-corrected chi connectivity index (χ1v) is 16.2. The molecule has 0 amide bonds. The lowest BCUT2D eigenvalue weighted by Gasteiger charge is -2.38. The SMILES string of the molecule is CCC=CCC(C=CC=CCC=CCC=CCC(I)C1=CCC(=O)O1)O[Si](C)(C)C(C)(C)C. The van der Waals surface area contributed by atoms with Gasteiger partial charge in [-0.25, -0.2) is 0 Å². The van der Waals surface area contributed by atoms with Gasteiger partial charge in [0.15, 0.2) is 8.32 Å². The summed E-state index contributed by atoms with van der Waals surface area (Å²) in [4.78, 5) is 11.2. The third-order valence-electron chi connectivity index (χ3n) is 5.83. The van der Waals surface area contributed by atoms with E-state index in [2.05, 4.69) is 124 Å². The molecular formula is C28H43IO3Si. The topological polar surface area (TPSA) is 35.5 Å². The molecule has 0 aromatic heterocycles. The Hall–Kier alpha value is -1.18. The van der Waals surface area contributed by atoms with Crippen molar-refractivity contribution in [3.8, 4) is 0 Å². The summed E-state index contributed by atoms with van der Waals surface area (Å²) >= 11 is 2.32. The zero-order valence-electron chi connectivity index (χ0n) is 21.4. The quantitative estimate of drug-likeness (QED) is 0.0513. The molecule has 2 atom stereocenters. The van der Waals surface area contributed by atoms with Crippen LogP contribution in [0.3, 0.4) is 0 Å². The Kier molecular flexibility index (Phi) is 14.2. The third kappa shape index (κ3) is 12.7. The van der Waals surface area contributed by atoms with E-state index >= 15 is 0 Å². The molecule has 2 unspecified atom stereocenters. The number of allylic oxidation sites excluding steroid dienone is 9. The monoisotopic (exact) mass is 582 g/mol. The van der Waals surface area contributed by atoms with E-state index in [-0.39, 0.29) is 21.0 Å². The van der Waals surface area contributed by atoms with Crippen LogP contribution in [-0.4, -0.2) is 24.3 Å². The predicted molar refractivity (Wildman–Crippen MR) is 153 cm³/mol. The minimum Gasteiger partial charge on any atom is -0.430 e. The second-order valence-corrected chi connectivity index (χ2v) is 16.0. The Labute approximate surface area is 217 Å². The first kappa shape index (κ1) is 29.8. The number of hydrogen-bond donors (Lipinski definition) is 0. The minimum absolute atomic E-state index is 0.129. The van der Waals surface area contributed by atoms with Crippen LogP contribution < -0.4 is 0 Å². The van der Waals surface area contributed by atoms with Gasteiger partial charge in [-0.2, -0.15) is 0 Å². The normalized spacial score (nSPS) is 17.8. The Morgan fingerprint density at radius 3 is 2.27 bits per heavy atom. The molecule has 1 aliphatic heterocycles. The van der Waals surface area contributed by atoms with Crippen LogP contribution in [0.4, 0.5) is 0 Å². The fourth-order valence-electron chi connectivity index (χ4n) is 2.83. The number of hydrogen-bond acceptors (Lipinski definition) is 3. The summed E-state index contributed by atoms with van der Waals surface area (Å²) in [6.07, 6.45) is 28.9. The van der Waals surface area contributed by atoms with Crippen LogP contribution in [0.2, 0.25) is 18.1 Å². The zero-order chi connectivity index (χ0) is 24.7. The number of carbonyl (C=O) groups excluding carboxylic acids is 1. The maximum atomic E-state index is 11.2. The van der Waals surface area contributed by atoms with Gasteiger partial charge in [-0.3, -0.25) is 4.79 Å². The molecule has 1 aliphatic rings. The molecule has 0 N–H and O–H groups in total.